The van der Waals surface area contributed by atoms with Crippen molar-refractivity contribution in [3.8, 4) is 0 Å². The molecule has 2 heteroatoms. The summed E-state index contributed by atoms with van der Waals surface area (Å²) in [5, 5.41) is 12.3. The van der Waals surface area contributed by atoms with Gasteiger partial charge in [-0.15, -0.1) is 0 Å². The van der Waals surface area contributed by atoms with Crippen molar-refractivity contribution in [2.75, 3.05) is 13.2 Å². The van der Waals surface area contributed by atoms with Crippen LogP contribution in [0.1, 0.15) is 26.2 Å². The number of aliphatic hydroxyl groups excluding tert-OH is 1. The van der Waals surface area contributed by atoms with Gasteiger partial charge in [0.1, 0.15) is 0 Å². The number of hydrogen-bond acceptors (Lipinski definition) is 2. The molecule has 0 aliphatic heterocycles. The Balaban J connectivity index is 2.27. The van der Waals surface area contributed by atoms with Crippen molar-refractivity contribution in [3.63, 3.8) is 0 Å². The van der Waals surface area contributed by atoms with E-state index in [1.807, 2.05) is 0 Å². The molecule has 0 aromatic heterocycles. The molecule has 0 aromatic carbocycles. The van der Waals surface area contributed by atoms with Gasteiger partial charge in [-0.25, -0.2) is 0 Å². The molecular weight excluding hydrogens is 126 g/mol. The van der Waals surface area contributed by atoms with Gasteiger partial charge in [-0.2, -0.15) is 0 Å². The normalized spacial score (nSPS) is 33.0. The van der Waals surface area contributed by atoms with Crippen LogP contribution >= 0.6 is 0 Å². The van der Waals surface area contributed by atoms with E-state index in [1.165, 1.54) is 19.3 Å². The van der Waals surface area contributed by atoms with Crippen molar-refractivity contribution in [1.29, 1.82) is 0 Å². The van der Waals surface area contributed by atoms with Gasteiger partial charge in [0, 0.05) is 12.6 Å². The van der Waals surface area contributed by atoms with Gasteiger partial charge in [-0.3, -0.25) is 0 Å². The molecule has 0 bridgehead atoms. The summed E-state index contributed by atoms with van der Waals surface area (Å²) in [6.07, 6.45) is 3.73. The van der Waals surface area contributed by atoms with Gasteiger partial charge >= 0.3 is 0 Å². The van der Waals surface area contributed by atoms with Crippen molar-refractivity contribution in [2.45, 2.75) is 32.2 Å². The molecule has 0 saturated heterocycles. The molecule has 60 valence electrons. The maximum atomic E-state index is 8.92. The van der Waals surface area contributed by atoms with Crippen molar-refractivity contribution < 1.29 is 5.11 Å². The van der Waals surface area contributed by atoms with Crippen molar-refractivity contribution in [2.24, 2.45) is 5.92 Å². The molecule has 2 nitrogen and oxygen atoms in total. The standard InChI is InChI=1S/C8H17NO/c1-2-9-8-5-3-4-7(8)6-10/h7-10H,2-6H2,1H3. The first-order valence-corrected chi connectivity index (χ1v) is 4.22. The molecule has 2 unspecified atom stereocenters. The molecule has 2 N–H and O–H groups in total. The van der Waals surface area contributed by atoms with E-state index >= 15 is 0 Å². The highest BCUT2D eigenvalue weighted by atomic mass is 16.3. The third-order valence-corrected chi connectivity index (χ3v) is 2.36. The lowest BCUT2D eigenvalue weighted by Crippen LogP contribution is -2.33. The van der Waals surface area contributed by atoms with E-state index in [1.54, 1.807) is 0 Å². The molecule has 1 aliphatic rings. The maximum absolute atomic E-state index is 8.92. The fourth-order valence-electron chi connectivity index (χ4n) is 1.79. The van der Waals surface area contributed by atoms with Crippen molar-refractivity contribution in [1.82, 2.24) is 5.32 Å². The Hall–Kier alpha value is -0.0800. The second kappa shape index (κ2) is 3.94. The number of hydrogen-bond donors (Lipinski definition) is 2. The van der Waals surface area contributed by atoms with Gasteiger partial charge in [0.2, 0.25) is 0 Å². The van der Waals surface area contributed by atoms with Crippen LogP contribution in [0.25, 0.3) is 0 Å². The van der Waals surface area contributed by atoms with Crippen molar-refractivity contribution in [3.05, 3.63) is 0 Å². The van der Waals surface area contributed by atoms with Crippen molar-refractivity contribution >= 4 is 0 Å². The van der Waals surface area contributed by atoms with E-state index in [2.05, 4.69) is 12.2 Å². The number of nitrogens with one attached hydrogen (secondary N) is 1. The predicted octanol–water partition coefficient (Wildman–Crippen LogP) is 0.757. The van der Waals surface area contributed by atoms with Gasteiger partial charge in [-0.05, 0) is 25.3 Å². The first kappa shape index (κ1) is 8.02. The Morgan fingerprint density at radius 2 is 2.30 bits per heavy atom. The molecule has 1 rings (SSSR count). The van der Waals surface area contributed by atoms with E-state index in [4.69, 9.17) is 5.11 Å². The monoisotopic (exact) mass is 143 g/mol. The lowest BCUT2D eigenvalue weighted by molar-refractivity contribution is 0.206. The minimum atomic E-state index is 0.359. The van der Waals surface area contributed by atoms with Crippen LogP contribution < -0.4 is 5.32 Å². The van der Waals surface area contributed by atoms with Crippen LogP contribution in [0.5, 0.6) is 0 Å². The lowest BCUT2D eigenvalue weighted by Gasteiger charge is -2.17. The minimum Gasteiger partial charge on any atom is -0.396 e. The zero-order valence-electron chi connectivity index (χ0n) is 6.64. The Morgan fingerprint density at radius 3 is 2.90 bits per heavy atom. The van der Waals surface area contributed by atoms with E-state index in [0.717, 1.165) is 6.54 Å². The summed E-state index contributed by atoms with van der Waals surface area (Å²) in [5.74, 6) is 0.528. The fourth-order valence-corrected chi connectivity index (χ4v) is 1.79. The van der Waals surface area contributed by atoms with E-state index in [-0.39, 0.29) is 0 Å². The predicted molar refractivity (Wildman–Crippen MR) is 41.9 cm³/mol. The highest BCUT2D eigenvalue weighted by Gasteiger charge is 2.24. The van der Waals surface area contributed by atoms with Crippen LogP contribution in [0, 0.1) is 5.92 Å². The summed E-state index contributed by atoms with van der Waals surface area (Å²) in [6, 6.07) is 0.593. The summed E-state index contributed by atoms with van der Waals surface area (Å²) < 4.78 is 0. The van der Waals surface area contributed by atoms with Gasteiger partial charge in [0.15, 0.2) is 0 Å². The maximum Gasteiger partial charge on any atom is 0.0474 e. The van der Waals surface area contributed by atoms with Crippen LogP contribution in [0.2, 0.25) is 0 Å². The molecule has 1 fully saturated rings. The fraction of sp³-hybridized carbons (Fsp3) is 1.00. The Morgan fingerprint density at radius 1 is 1.50 bits per heavy atom. The topological polar surface area (TPSA) is 32.3 Å². The van der Waals surface area contributed by atoms with Gasteiger partial charge < -0.3 is 10.4 Å². The molecule has 0 heterocycles. The molecule has 0 amide bonds. The summed E-state index contributed by atoms with van der Waals surface area (Å²) in [7, 11) is 0. The molecule has 0 spiro atoms. The average molecular weight is 143 g/mol. The second-order valence-electron chi connectivity index (χ2n) is 3.04. The average Bonchev–Trinajstić information content (AvgIpc) is 2.36. The minimum absolute atomic E-state index is 0.359. The van der Waals surface area contributed by atoms with Crippen LogP contribution in [0.15, 0.2) is 0 Å². The Kier molecular flexibility index (Phi) is 3.16. The van der Waals surface area contributed by atoms with E-state index in [9.17, 15) is 0 Å². The summed E-state index contributed by atoms with van der Waals surface area (Å²) in [6.45, 7) is 3.51. The number of aliphatic hydroxyl groups is 1. The molecular formula is C8H17NO. The lowest BCUT2D eigenvalue weighted by atomic mass is 10.1. The Labute approximate surface area is 62.6 Å². The van der Waals surface area contributed by atoms with Crippen LogP contribution in [-0.4, -0.2) is 24.3 Å². The van der Waals surface area contributed by atoms with Gasteiger partial charge in [-0.1, -0.05) is 13.3 Å². The highest BCUT2D eigenvalue weighted by Crippen LogP contribution is 2.24. The summed E-state index contributed by atoms with van der Waals surface area (Å²) >= 11 is 0. The van der Waals surface area contributed by atoms with Gasteiger partial charge in [0.05, 0.1) is 0 Å². The molecule has 1 saturated carbocycles. The van der Waals surface area contributed by atoms with Crippen LogP contribution in [0.4, 0.5) is 0 Å². The zero-order valence-corrected chi connectivity index (χ0v) is 6.64. The molecule has 0 aromatic rings. The number of rotatable bonds is 3. The Bertz CT molecular complexity index is 95.3. The van der Waals surface area contributed by atoms with Gasteiger partial charge in [0.25, 0.3) is 0 Å². The first-order valence-electron chi connectivity index (χ1n) is 4.22. The second-order valence-corrected chi connectivity index (χ2v) is 3.04. The third-order valence-electron chi connectivity index (χ3n) is 2.36. The quantitative estimate of drug-likeness (QED) is 0.611. The summed E-state index contributed by atoms with van der Waals surface area (Å²) in [5.41, 5.74) is 0. The first-order chi connectivity index (χ1) is 4.88. The van der Waals surface area contributed by atoms with Crippen LogP contribution in [-0.2, 0) is 0 Å². The highest BCUT2D eigenvalue weighted by molar-refractivity contribution is 4.81. The largest absolute Gasteiger partial charge is 0.396 e. The third kappa shape index (κ3) is 1.70. The summed E-state index contributed by atoms with van der Waals surface area (Å²) in [4.78, 5) is 0. The van der Waals surface area contributed by atoms with Crippen LogP contribution in [0.3, 0.4) is 0 Å². The van der Waals surface area contributed by atoms with E-state index in [0.29, 0.717) is 18.6 Å². The molecule has 0 radical (unpaired) electrons. The van der Waals surface area contributed by atoms with E-state index < -0.39 is 0 Å². The SMILES string of the molecule is CCNC1CCCC1CO. The molecule has 2 atom stereocenters. The smallest absolute Gasteiger partial charge is 0.0474 e. The zero-order chi connectivity index (χ0) is 7.40. The molecule has 10 heavy (non-hydrogen) atoms. The molecule has 1 aliphatic carbocycles.